The molecule has 0 aromatic heterocycles. The van der Waals surface area contributed by atoms with Crippen LogP contribution < -0.4 is 5.32 Å². The molecule has 1 aliphatic heterocycles. The zero-order valence-corrected chi connectivity index (χ0v) is 20.3. The summed E-state index contributed by atoms with van der Waals surface area (Å²) in [6.07, 6.45) is 2.54. The quantitative estimate of drug-likeness (QED) is 0.660. The normalized spacial score (nSPS) is 21.9. The number of nitrogens with one attached hydrogen (secondary N) is 1. The second-order valence-corrected chi connectivity index (χ2v) is 10.7. The van der Waals surface area contributed by atoms with Crippen molar-refractivity contribution in [3.63, 3.8) is 0 Å². The van der Waals surface area contributed by atoms with E-state index in [0.29, 0.717) is 25.8 Å². The maximum Gasteiger partial charge on any atom is 0.408 e. The largest absolute Gasteiger partial charge is 0.480 e. The van der Waals surface area contributed by atoms with E-state index in [4.69, 9.17) is 4.74 Å². The number of ether oxygens (including phenoxy) is 1. The summed E-state index contributed by atoms with van der Waals surface area (Å²) in [7, 11) is 0. The Morgan fingerprint density at radius 3 is 2.11 bits per heavy atom. The van der Waals surface area contributed by atoms with E-state index < -0.39 is 29.1 Å². The molecule has 3 aliphatic rings. The summed E-state index contributed by atoms with van der Waals surface area (Å²) in [5, 5.41) is 12.7. The Kier molecular flexibility index (Phi) is 5.82. The first-order valence-corrected chi connectivity index (χ1v) is 12.4. The van der Waals surface area contributed by atoms with E-state index in [-0.39, 0.29) is 18.4 Å². The smallest absolute Gasteiger partial charge is 0.408 e. The fourth-order valence-electron chi connectivity index (χ4n) is 6.26. The van der Waals surface area contributed by atoms with Crippen molar-refractivity contribution in [1.82, 2.24) is 10.2 Å². The molecule has 7 nitrogen and oxygen atoms in total. The number of hydrogen-bond donors (Lipinski definition) is 2. The lowest BCUT2D eigenvalue weighted by Gasteiger charge is -2.36. The summed E-state index contributed by atoms with van der Waals surface area (Å²) in [4.78, 5) is 40.2. The van der Waals surface area contributed by atoms with Crippen molar-refractivity contribution in [2.45, 2.75) is 63.5 Å². The van der Waals surface area contributed by atoms with Crippen LogP contribution in [-0.2, 0) is 14.3 Å². The van der Waals surface area contributed by atoms with Gasteiger partial charge in [0.2, 0.25) is 5.91 Å². The van der Waals surface area contributed by atoms with Crippen LogP contribution in [0.3, 0.4) is 0 Å². The van der Waals surface area contributed by atoms with Crippen LogP contribution in [0, 0.1) is 5.41 Å². The minimum absolute atomic E-state index is 0.0702. The van der Waals surface area contributed by atoms with Gasteiger partial charge in [0, 0.05) is 12.5 Å². The van der Waals surface area contributed by atoms with Gasteiger partial charge in [0.25, 0.3) is 0 Å². The predicted molar refractivity (Wildman–Crippen MR) is 131 cm³/mol. The number of carbonyl (C=O) groups is 3. The lowest BCUT2D eigenvalue weighted by atomic mass is 9.84. The predicted octanol–water partition coefficient (Wildman–Crippen LogP) is 4.55. The van der Waals surface area contributed by atoms with Gasteiger partial charge in [-0.15, -0.1) is 0 Å². The van der Waals surface area contributed by atoms with Gasteiger partial charge in [-0.05, 0) is 46.9 Å². The van der Waals surface area contributed by atoms with Crippen LogP contribution in [0.5, 0.6) is 0 Å². The highest BCUT2D eigenvalue weighted by Gasteiger charge is 2.53. The average Bonchev–Trinajstić information content (AvgIpc) is 3.51. The second kappa shape index (κ2) is 8.70. The first-order chi connectivity index (χ1) is 16.7. The number of rotatable bonds is 5. The summed E-state index contributed by atoms with van der Waals surface area (Å²) in [5.74, 6) is -1.38. The topological polar surface area (TPSA) is 95.9 Å². The van der Waals surface area contributed by atoms with Crippen molar-refractivity contribution in [3.05, 3.63) is 59.7 Å². The third kappa shape index (κ3) is 3.97. The molecule has 2 aromatic rings. The molecular formula is C28H32N2O5. The maximum atomic E-state index is 13.7. The molecule has 0 spiro atoms. The third-order valence-electron chi connectivity index (χ3n) is 8.10. The Bertz CT molecular complexity index is 1120. The lowest BCUT2D eigenvalue weighted by molar-refractivity contribution is -0.153. The van der Waals surface area contributed by atoms with Gasteiger partial charge in [-0.1, -0.05) is 75.2 Å². The van der Waals surface area contributed by atoms with Crippen molar-refractivity contribution in [1.29, 1.82) is 0 Å². The first-order valence-electron chi connectivity index (χ1n) is 12.4. The Morgan fingerprint density at radius 1 is 0.971 bits per heavy atom. The number of carboxylic acid groups (broad SMARTS) is 1. The van der Waals surface area contributed by atoms with Crippen LogP contribution in [0.4, 0.5) is 4.79 Å². The number of alkyl carbamates (subject to hydrolysis) is 1. The molecule has 2 N–H and O–H groups in total. The van der Waals surface area contributed by atoms with Crippen LogP contribution in [-0.4, -0.2) is 52.7 Å². The molecule has 0 radical (unpaired) electrons. The van der Waals surface area contributed by atoms with Crippen molar-refractivity contribution in [3.8, 4) is 11.1 Å². The lowest BCUT2D eigenvalue weighted by Crippen LogP contribution is -2.61. The number of hydrogen-bond acceptors (Lipinski definition) is 4. The number of fused-ring (bicyclic) bond motifs is 3. The number of carboxylic acids is 1. The van der Waals surface area contributed by atoms with Gasteiger partial charge in [-0.3, -0.25) is 4.79 Å². The fourth-order valence-corrected chi connectivity index (χ4v) is 6.26. The van der Waals surface area contributed by atoms with Crippen LogP contribution >= 0.6 is 0 Å². The van der Waals surface area contributed by atoms with Crippen molar-refractivity contribution in [2.75, 3.05) is 13.2 Å². The van der Waals surface area contributed by atoms with E-state index >= 15 is 0 Å². The van der Waals surface area contributed by atoms with Crippen LogP contribution in [0.1, 0.15) is 63.0 Å². The molecule has 1 heterocycles. The highest BCUT2D eigenvalue weighted by atomic mass is 16.5. The van der Waals surface area contributed by atoms with Crippen molar-refractivity contribution in [2.24, 2.45) is 5.41 Å². The van der Waals surface area contributed by atoms with Gasteiger partial charge in [0.15, 0.2) is 0 Å². The Morgan fingerprint density at radius 2 is 1.54 bits per heavy atom. The zero-order valence-electron chi connectivity index (χ0n) is 20.3. The molecule has 2 amide bonds. The molecule has 2 fully saturated rings. The number of carbonyl (C=O) groups excluding carboxylic acids is 2. The van der Waals surface area contributed by atoms with Gasteiger partial charge in [0.1, 0.15) is 18.2 Å². The number of aliphatic carboxylic acids is 1. The highest BCUT2D eigenvalue weighted by Crippen LogP contribution is 2.45. The number of amides is 2. The van der Waals surface area contributed by atoms with E-state index in [1.165, 1.54) is 4.90 Å². The minimum atomic E-state index is -1.11. The van der Waals surface area contributed by atoms with E-state index in [9.17, 15) is 19.5 Å². The minimum Gasteiger partial charge on any atom is -0.480 e. The second-order valence-electron chi connectivity index (χ2n) is 10.7. The summed E-state index contributed by atoms with van der Waals surface area (Å²) >= 11 is 0. The molecule has 1 atom stereocenters. The monoisotopic (exact) mass is 476 g/mol. The highest BCUT2D eigenvalue weighted by molar-refractivity contribution is 5.94. The molecule has 0 bridgehead atoms. The van der Waals surface area contributed by atoms with Gasteiger partial charge in [-0.25, -0.2) is 9.59 Å². The van der Waals surface area contributed by atoms with Crippen LogP contribution in [0.25, 0.3) is 11.1 Å². The summed E-state index contributed by atoms with van der Waals surface area (Å²) in [5.41, 5.74) is 2.90. The molecule has 35 heavy (non-hydrogen) atoms. The molecule has 5 rings (SSSR count). The molecule has 2 aromatic carbocycles. The zero-order chi connectivity index (χ0) is 24.8. The average molecular weight is 477 g/mol. The Labute approximate surface area is 205 Å². The van der Waals surface area contributed by atoms with Gasteiger partial charge in [0.05, 0.1) is 0 Å². The first kappa shape index (κ1) is 23.4. The Hall–Kier alpha value is -3.35. The standard InChI is InChI=1S/C28H32N2O5/c1-27(2)15-16-30(23(27)24(31)32)25(33)28(13-7-8-14-28)29-26(34)35-17-22-20-11-5-3-9-18(20)19-10-4-6-12-21(19)22/h3-6,9-12,22-23H,7-8,13-17H2,1-2H3,(H,29,34)(H,31,32). The molecular weight excluding hydrogens is 444 g/mol. The molecule has 2 aliphatic carbocycles. The van der Waals surface area contributed by atoms with Crippen LogP contribution in [0.2, 0.25) is 0 Å². The summed E-state index contributed by atoms with van der Waals surface area (Å²) in [6, 6.07) is 15.4. The van der Waals surface area contributed by atoms with E-state index in [1.807, 2.05) is 38.1 Å². The van der Waals surface area contributed by atoms with Gasteiger partial charge >= 0.3 is 12.1 Å². The van der Waals surface area contributed by atoms with Crippen molar-refractivity contribution >= 4 is 18.0 Å². The number of benzene rings is 2. The molecule has 184 valence electrons. The summed E-state index contributed by atoms with van der Waals surface area (Å²) in [6.45, 7) is 4.29. The van der Waals surface area contributed by atoms with Gasteiger partial charge in [-0.2, -0.15) is 0 Å². The molecule has 1 saturated carbocycles. The molecule has 1 unspecified atom stereocenters. The van der Waals surface area contributed by atoms with Gasteiger partial charge < -0.3 is 20.1 Å². The Balaban J connectivity index is 1.32. The SMILES string of the molecule is CC1(C)CCN(C(=O)C2(NC(=O)OCC3c4ccccc4-c4ccccc43)CCCC2)C1C(=O)O. The van der Waals surface area contributed by atoms with Crippen molar-refractivity contribution < 1.29 is 24.2 Å². The summed E-state index contributed by atoms with van der Waals surface area (Å²) < 4.78 is 5.72. The van der Waals surface area contributed by atoms with Crippen LogP contribution in [0.15, 0.2) is 48.5 Å². The molecule has 1 saturated heterocycles. The fraction of sp³-hybridized carbons (Fsp3) is 0.464. The maximum absolute atomic E-state index is 13.7. The third-order valence-corrected chi connectivity index (χ3v) is 8.10. The van der Waals surface area contributed by atoms with E-state index in [1.54, 1.807) is 0 Å². The molecule has 7 heteroatoms. The number of likely N-dealkylation sites (tertiary alicyclic amines) is 1. The number of nitrogens with zero attached hydrogens (tertiary/aromatic N) is 1. The van der Waals surface area contributed by atoms with E-state index in [0.717, 1.165) is 35.1 Å². The van der Waals surface area contributed by atoms with E-state index in [2.05, 4.69) is 29.6 Å².